The van der Waals surface area contributed by atoms with Crippen molar-refractivity contribution in [3.8, 4) is 0 Å². The SMILES string of the molecule is CCN(Cc1ccccc1)c1nc(NCCN(C)C)nc2c1CN(C(C)C)C2=O. The number of nitrogens with one attached hydrogen (secondary N) is 1. The van der Waals surface area contributed by atoms with Crippen LogP contribution in [0.2, 0.25) is 0 Å². The van der Waals surface area contributed by atoms with E-state index in [1.165, 1.54) is 5.56 Å². The Morgan fingerprint density at radius 3 is 2.52 bits per heavy atom. The molecule has 7 nitrogen and oxygen atoms in total. The summed E-state index contributed by atoms with van der Waals surface area (Å²) in [6.07, 6.45) is 0. The summed E-state index contributed by atoms with van der Waals surface area (Å²) in [6, 6.07) is 10.5. The second-order valence-corrected chi connectivity index (χ2v) is 7.95. The topological polar surface area (TPSA) is 64.6 Å². The van der Waals surface area contributed by atoms with Crippen molar-refractivity contribution in [3.05, 3.63) is 47.2 Å². The van der Waals surface area contributed by atoms with Gasteiger partial charge in [-0.25, -0.2) is 4.98 Å². The number of aromatic nitrogens is 2. The highest BCUT2D eigenvalue weighted by Crippen LogP contribution is 2.32. The fraction of sp³-hybridized carbons (Fsp3) is 0.500. The molecule has 156 valence electrons. The fourth-order valence-corrected chi connectivity index (χ4v) is 3.46. The van der Waals surface area contributed by atoms with Gasteiger partial charge in [0.1, 0.15) is 11.5 Å². The maximum absolute atomic E-state index is 13.0. The maximum Gasteiger partial charge on any atom is 0.273 e. The number of hydrogen-bond donors (Lipinski definition) is 1. The first kappa shape index (κ1) is 21.0. The van der Waals surface area contributed by atoms with Crippen LogP contribution in [0.25, 0.3) is 0 Å². The predicted octanol–water partition coefficient (Wildman–Crippen LogP) is 2.84. The van der Waals surface area contributed by atoms with E-state index in [0.717, 1.165) is 37.6 Å². The van der Waals surface area contributed by atoms with E-state index >= 15 is 0 Å². The molecule has 1 aromatic heterocycles. The summed E-state index contributed by atoms with van der Waals surface area (Å²) < 4.78 is 0. The lowest BCUT2D eigenvalue weighted by Crippen LogP contribution is -2.31. The van der Waals surface area contributed by atoms with E-state index in [0.29, 0.717) is 18.2 Å². The van der Waals surface area contributed by atoms with Crippen LogP contribution in [0.3, 0.4) is 0 Å². The van der Waals surface area contributed by atoms with Crippen molar-refractivity contribution in [1.82, 2.24) is 19.8 Å². The van der Waals surface area contributed by atoms with E-state index in [4.69, 9.17) is 4.98 Å². The van der Waals surface area contributed by atoms with E-state index in [-0.39, 0.29) is 11.9 Å². The van der Waals surface area contributed by atoms with E-state index in [1.54, 1.807) is 0 Å². The number of nitrogens with zero attached hydrogens (tertiary/aromatic N) is 5. The Labute approximate surface area is 173 Å². The number of rotatable bonds is 9. The first-order valence-electron chi connectivity index (χ1n) is 10.3. The summed E-state index contributed by atoms with van der Waals surface area (Å²) in [7, 11) is 4.05. The van der Waals surface area contributed by atoms with Gasteiger partial charge in [0.25, 0.3) is 5.91 Å². The van der Waals surface area contributed by atoms with Crippen LogP contribution in [-0.2, 0) is 13.1 Å². The summed E-state index contributed by atoms with van der Waals surface area (Å²) in [5.41, 5.74) is 2.68. The van der Waals surface area contributed by atoms with Crippen molar-refractivity contribution < 1.29 is 4.79 Å². The predicted molar refractivity (Wildman–Crippen MR) is 117 cm³/mol. The molecule has 1 aromatic carbocycles. The number of fused-ring (bicyclic) bond motifs is 1. The average molecular weight is 397 g/mol. The Morgan fingerprint density at radius 2 is 1.90 bits per heavy atom. The lowest BCUT2D eigenvalue weighted by Gasteiger charge is -2.25. The number of carbonyl (C=O) groups excluding carboxylic acids is 1. The van der Waals surface area contributed by atoms with E-state index in [1.807, 2.05) is 51.0 Å². The number of hydrogen-bond acceptors (Lipinski definition) is 6. The molecular weight excluding hydrogens is 364 g/mol. The lowest BCUT2D eigenvalue weighted by atomic mass is 10.2. The first-order chi connectivity index (χ1) is 13.9. The molecule has 0 saturated carbocycles. The molecule has 0 spiro atoms. The zero-order chi connectivity index (χ0) is 21.0. The van der Waals surface area contributed by atoms with Gasteiger partial charge < -0.3 is 20.0 Å². The minimum atomic E-state index is -0.00919. The molecule has 0 atom stereocenters. The van der Waals surface area contributed by atoms with Crippen LogP contribution in [0, 0.1) is 0 Å². The van der Waals surface area contributed by atoms with Crippen molar-refractivity contribution in [2.45, 2.75) is 39.9 Å². The van der Waals surface area contributed by atoms with Crippen molar-refractivity contribution in [2.75, 3.05) is 43.9 Å². The second kappa shape index (κ2) is 9.22. The number of carbonyl (C=O) groups is 1. The highest BCUT2D eigenvalue weighted by molar-refractivity contribution is 5.98. The molecule has 1 aliphatic heterocycles. The molecule has 1 N–H and O–H groups in total. The van der Waals surface area contributed by atoms with Gasteiger partial charge >= 0.3 is 0 Å². The van der Waals surface area contributed by atoms with Crippen LogP contribution in [-0.4, -0.2) is 65.4 Å². The average Bonchev–Trinajstić information content (AvgIpc) is 3.03. The third kappa shape index (κ3) is 4.85. The van der Waals surface area contributed by atoms with Crippen LogP contribution < -0.4 is 10.2 Å². The fourth-order valence-electron chi connectivity index (χ4n) is 3.46. The van der Waals surface area contributed by atoms with Crippen LogP contribution in [0.4, 0.5) is 11.8 Å². The number of anilines is 2. The quantitative estimate of drug-likeness (QED) is 0.703. The Bertz CT molecular complexity index is 837. The molecule has 2 aromatic rings. The second-order valence-electron chi connectivity index (χ2n) is 7.95. The number of likely N-dealkylation sites (N-methyl/N-ethyl adjacent to an activating group) is 1. The Morgan fingerprint density at radius 1 is 1.17 bits per heavy atom. The van der Waals surface area contributed by atoms with E-state index in [9.17, 15) is 4.79 Å². The highest BCUT2D eigenvalue weighted by atomic mass is 16.2. The summed E-state index contributed by atoms with van der Waals surface area (Å²) >= 11 is 0. The Hall–Kier alpha value is -2.67. The summed E-state index contributed by atoms with van der Waals surface area (Å²) in [5.74, 6) is 1.36. The van der Waals surface area contributed by atoms with Gasteiger partial charge in [0.2, 0.25) is 5.95 Å². The largest absolute Gasteiger partial charge is 0.353 e. The van der Waals surface area contributed by atoms with Gasteiger partial charge in [0.05, 0.1) is 6.54 Å². The standard InChI is InChI=1S/C22H32N6O/c1-6-27(14-17-10-8-7-9-11-17)20-18-15-28(16(2)3)21(29)19(18)24-22(25-20)23-12-13-26(4)5/h7-11,16H,6,12-15H2,1-5H3,(H,23,24,25). The van der Waals surface area contributed by atoms with Gasteiger partial charge in [0, 0.05) is 37.8 Å². The van der Waals surface area contributed by atoms with Crippen molar-refractivity contribution in [1.29, 1.82) is 0 Å². The first-order valence-corrected chi connectivity index (χ1v) is 10.3. The smallest absolute Gasteiger partial charge is 0.273 e. The molecule has 2 heterocycles. The minimum absolute atomic E-state index is 0.00919. The minimum Gasteiger partial charge on any atom is -0.353 e. The molecule has 0 bridgehead atoms. The van der Waals surface area contributed by atoms with E-state index < -0.39 is 0 Å². The van der Waals surface area contributed by atoms with Crippen molar-refractivity contribution in [3.63, 3.8) is 0 Å². The van der Waals surface area contributed by atoms with Gasteiger partial charge in [-0.2, -0.15) is 4.98 Å². The third-order valence-electron chi connectivity index (χ3n) is 5.14. The molecule has 1 amide bonds. The lowest BCUT2D eigenvalue weighted by molar-refractivity contribution is 0.0726. The van der Waals surface area contributed by atoms with Crippen LogP contribution in [0.5, 0.6) is 0 Å². The highest BCUT2D eigenvalue weighted by Gasteiger charge is 2.35. The van der Waals surface area contributed by atoms with Gasteiger partial charge in [-0.3, -0.25) is 4.79 Å². The Balaban J connectivity index is 1.96. The molecule has 1 aliphatic rings. The van der Waals surface area contributed by atoms with Gasteiger partial charge in [-0.05, 0) is 40.4 Å². The van der Waals surface area contributed by atoms with Gasteiger partial charge in [-0.1, -0.05) is 30.3 Å². The molecule has 7 heteroatoms. The normalized spacial score (nSPS) is 13.3. The molecule has 0 radical (unpaired) electrons. The molecule has 29 heavy (non-hydrogen) atoms. The van der Waals surface area contributed by atoms with Crippen LogP contribution >= 0.6 is 0 Å². The maximum atomic E-state index is 13.0. The molecular formula is C22H32N6O. The molecule has 0 fully saturated rings. The molecule has 3 rings (SSSR count). The Kier molecular flexibility index (Phi) is 6.69. The van der Waals surface area contributed by atoms with Crippen molar-refractivity contribution >= 4 is 17.7 Å². The van der Waals surface area contributed by atoms with Crippen LogP contribution in [0.15, 0.2) is 30.3 Å². The zero-order valence-corrected chi connectivity index (χ0v) is 18.1. The summed E-state index contributed by atoms with van der Waals surface area (Å²) in [6.45, 7) is 9.88. The van der Waals surface area contributed by atoms with Crippen molar-refractivity contribution in [2.24, 2.45) is 0 Å². The summed E-state index contributed by atoms with van der Waals surface area (Å²) in [4.78, 5) is 28.6. The molecule has 0 unspecified atom stereocenters. The van der Waals surface area contributed by atoms with Crippen LogP contribution in [0.1, 0.15) is 42.4 Å². The molecule has 0 aliphatic carbocycles. The molecule has 0 saturated heterocycles. The zero-order valence-electron chi connectivity index (χ0n) is 18.1. The monoisotopic (exact) mass is 396 g/mol. The van der Waals surface area contributed by atoms with E-state index in [2.05, 4.69) is 39.2 Å². The third-order valence-corrected chi connectivity index (χ3v) is 5.14. The van der Waals surface area contributed by atoms with Gasteiger partial charge in [0.15, 0.2) is 0 Å². The number of amides is 1. The van der Waals surface area contributed by atoms with Gasteiger partial charge in [-0.15, -0.1) is 0 Å². The number of benzene rings is 1. The summed E-state index contributed by atoms with van der Waals surface area (Å²) in [5, 5.41) is 3.29.